The molecule has 2 nitrogen and oxygen atoms in total. The Morgan fingerprint density at radius 3 is 3.00 bits per heavy atom. The predicted molar refractivity (Wildman–Crippen MR) is 48.1 cm³/mol. The topological polar surface area (TPSA) is 46.2 Å². The fourth-order valence-corrected chi connectivity index (χ4v) is 1.85. The number of aryl methyl sites for hydroxylation is 2. The Hall–Kier alpha value is -1.02. The van der Waals surface area contributed by atoms with Crippen molar-refractivity contribution in [2.75, 3.05) is 0 Å². The van der Waals surface area contributed by atoms with Crippen LogP contribution in [0.15, 0.2) is 12.1 Å². The van der Waals surface area contributed by atoms with Crippen LogP contribution in [-0.2, 0) is 6.42 Å². The van der Waals surface area contributed by atoms with Crippen molar-refractivity contribution in [2.24, 2.45) is 5.73 Å². The van der Waals surface area contributed by atoms with Crippen LogP contribution in [0.5, 0.6) is 5.75 Å². The molecular weight excluding hydrogens is 150 g/mol. The number of hydrogen-bond donors (Lipinski definition) is 2. The van der Waals surface area contributed by atoms with E-state index >= 15 is 0 Å². The number of phenolic OH excluding ortho intramolecular Hbond substituents is 1. The molecule has 1 aliphatic rings. The number of aromatic hydroxyl groups is 1. The summed E-state index contributed by atoms with van der Waals surface area (Å²) in [7, 11) is 0. The molecule has 1 aromatic rings. The lowest BCUT2D eigenvalue weighted by Gasteiger charge is -2.09. The first kappa shape index (κ1) is 7.62. The van der Waals surface area contributed by atoms with Crippen LogP contribution in [0.1, 0.15) is 29.2 Å². The van der Waals surface area contributed by atoms with Crippen LogP contribution in [0.2, 0.25) is 0 Å². The van der Waals surface area contributed by atoms with Crippen molar-refractivity contribution in [3.63, 3.8) is 0 Å². The van der Waals surface area contributed by atoms with Crippen molar-refractivity contribution in [1.29, 1.82) is 0 Å². The third kappa shape index (κ3) is 0.916. The summed E-state index contributed by atoms with van der Waals surface area (Å²) in [6, 6.07) is 4.06. The van der Waals surface area contributed by atoms with Crippen molar-refractivity contribution < 1.29 is 5.11 Å². The minimum absolute atomic E-state index is 0.0416. The maximum absolute atomic E-state index is 9.71. The van der Waals surface area contributed by atoms with E-state index in [0.717, 1.165) is 24.0 Å². The van der Waals surface area contributed by atoms with Gasteiger partial charge >= 0.3 is 0 Å². The van der Waals surface area contributed by atoms with Gasteiger partial charge in [-0.2, -0.15) is 0 Å². The molecule has 0 bridgehead atoms. The smallest absolute Gasteiger partial charge is 0.123 e. The van der Waals surface area contributed by atoms with E-state index in [1.807, 2.05) is 13.0 Å². The van der Waals surface area contributed by atoms with Gasteiger partial charge in [0.05, 0.1) is 0 Å². The van der Waals surface area contributed by atoms with Gasteiger partial charge in [0.1, 0.15) is 5.75 Å². The maximum Gasteiger partial charge on any atom is 0.123 e. The first-order valence-corrected chi connectivity index (χ1v) is 4.27. The van der Waals surface area contributed by atoms with Crippen molar-refractivity contribution in [2.45, 2.75) is 25.8 Å². The molecule has 0 fully saturated rings. The Morgan fingerprint density at radius 2 is 2.25 bits per heavy atom. The summed E-state index contributed by atoms with van der Waals surface area (Å²) < 4.78 is 0. The molecule has 2 heteroatoms. The third-order valence-corrected chi connectivity index (χ3v) is 2.60. The van der Waals surface area contributed by atoms with Gasteiger partial charge in [0.25, 0.3) is 0 Å². The summed E-state index contributed by atoms with van der Waals surface area (Å²) in [6.07, 6.45) is 1.97. The van der Waals surface area contributed by atoms with Gasteiger partial charge in [0.15, 0.2) is 0 Å². The van der Waals surface area contributed by atoms with Gasteiger partial charge in [-0.3, -0.25) is 0 Å². The van der Waals surface area contributed by atoms with Crippen LogP contribution >= 0.6 is 0 Å². The van der Waals surface area contributed by atoms with Gasteiger partial charge in [-0.1, -0.05) is 12.1 Å². The number of rotatable bonds is 0. The summed E-state index contributed by atoms with van der Waals surface area (Å²) in [5.41, 5.74) is 8.96. The highest BCUT2D eigenvalue weighted by molar-refractivity contribution is 5.49. The number of benzene rings is 1. The molecule has 1 atom stereocenters. The third-order valence-electron chi connectivity index (χ3n) is 2.60. The van der Waals surface area contributed by atoms with Gasteiger partial charge in [0, 0.05) is 11.6 Å². The SMILES string of the molecule is Cc1ccc2c(c1O)[C@H](N)CC2. The maximum atomic E-state index is 9.71. The van der Waals surface area contributed by atoms with Crippen LogP contribution in [0.4, 0.5) is 0 Å². The van der Waals surface area contributed by atoms with Crippen molar-refractivity contribution in [3.05, 3.63) is 28.8 Å². The summed E-state index contributed by atoms with van der Waals surface area (Å²) in [5, 5.41) is 9.71. The quantitative estimate of drug-likeness (QED) is 0.610. The fraction of sp³-hybridized carbons (Fsp3) is 0.400. The fourth-order valence-electron chi connectivity index (χ4n) is 1.85. The second-order valence-corrected chi connectivity index (χ2v) is 3.45. The van der Waals surface area contributed by atoms with E-state index in [2.05, 4.69) is 6.07 Å². The lowest BCUT2D eigenvalue weighted by Crippen LogP contribution is -2.05. The summed E-state index contributed by atoms with van der Waals surface area (Å²) in [6.45, 7) is 1.90. The van der Waals surface area contributed by atoms with E-state index in [1.54, 1.807) is 0 Å². The molecule has 1 aromatic carbocycles. The largest absolute Gasteiger partial charge is 0.507 e. The Labute approximate surface area is 72.0 Å². The van der Waals surface area contributed by atoms with Crippen molar-refractivity contribution in [3.8, 4) is 5.75 Å². The molecule has 0 spiro atoms. The summed E-state index contributed by atoms with van der Waals surface area (Å²) >= 11 is 0. The van der Waals surface area contributed by atoms with E-state index in [1.165, 1.54) is 5.56 Å². The standard InChI is InChI=1S/C10H13NO/c1-6-2-3-7-4-5-8(11)9(7)10(6)12/h2-3,8,12H,4-5,11H2,1H3/t8-/m1/s1. The summed E-state index contributed by atoms with van der Waals surface area (Å²) in [4.78, 5) is 0. The second-order valence-electron chi connectivity index (χ2n) is 3.45. The first-order valence-electron chi connectivity index (χ1n) is 4.27. The average molecular weight is 163 g/mol. The number of hydrogen-bond acceptors (Lipinski definition) is 2. The molecule has 64 valence electrons. The monoisotopic (exact) mass is 163 g/mol. The van der Waals surface area contributed by atoms with E-state index in [0.29, 0.717) is 5.75 Å². The highest BCUT2D eigenvalue weighted by atomic mass is 16.3. The molecule has 0 amide bonds. The zero-order chi connectivity index (χ0) is 8.72. The minimum atomic E-state index is 0.0416. The number of nitrogens with two attached hydrogens (primary N) is 1. The molecule has 3 N–H and O–H groups in total. The van der Waals surface area contributed by atoms with Gasteiger partial charge < -0.3 is 10.8 Å². The Balaban J connectivity index is 2.63. The van der Waals surface area contributed by atoms with Gasteiger partial charge in [-0.05, 0) is 30.9 Å². The summed E-state index contributed by atoms with van der Waals surface area (Å²) in [5.74, 6) is 0.400. The normalized spacial score (nSPS) is 21.0. The minimum Gasteiger partial charge on any atom is -0.507 e. The molecule has 0 saturated carbocycles. The van der Waals surface area contributed by atoms with Gasteiger partial charge in [-0.15, -0.1) is 0 Å². The van der Waals surface area contributed by atoms with Crippen LogP contribution in [0.3, 0.4) is 0 Å². The van der Waals surface area contributed by atoms with E-state index in [4.69, 9.17) is 5.73 Å². The molecule has 0 saturated heterocycles. The zero-order valence-corrected chi connectivity index (χ0v) is 7.17. The predicted octanol–water partition coefficient (Wildman–Crippen LogP) is 1.65. The van der Waals surface area contributed by atoms with Crippen LogP contribution in [0, 0.1) is 6.92 Å². The van der Waals surface area contributed by atoms with E-state index in [9.17, 15) is 5.11 Å². The highest BCUT2D eigenvalue weighted by Crippen LogP contribution is 2.37. The van der Waals surface area contributed by atoms with Gasteiger partial charge in [0.2, 0.25) is 0 Å². The van der Waals surface area contributed by atoms with Crippen molar-refractivity contribution >= 4 is 0 Å². The van der Waals surface area contributed by atoms with Crippen LogP contribution in [0.25, 0.3) is 0 Å². The zero-order valence-electron chi connectivity index (χ0n) is 7.17. The molecule has 0 unspecified atom stereocenters. The number of phenols is 1. The van der Waals surface area contributed by atoms with Gasteiger partial charge in [-0.25, -0.2) is 0 Å². The Bertz CT molecular complexity index is 320. The lowest BCUT2D eigenvalue weighted by atomic mass is 10.0. The Kier molecular flexibility index (Phi) is 1.58. The molecular formula is C10H13NO. The van der Waals surface area contributed by atoms with Crippen molar-refractivity contribution in [1.82, 2.24) is 0 Å². The first-order chi connectivity index (χ1) is 5.70. The van der Waals surface area contributed by atoms with Crippen LogP contribution in [-0.4, -0.2) is 5.11 Å². The van der Waals surface area contributed by atoms with Crippen LogP contribution < -0.4 is 5.73 Å². The Morgan fingerprint density at radius 1 is 1.50 bits per heavy atom. The molecule has 1 aliphatic carbocycles. The molecule has 0 heterocycles. The molecule has 2 rings (SSSR count). The second kappa shape index (κ2) is 2.49. The lowest BCUT2D eigenvalue weighted by molar-refractivity contribution is 0.459. The molecule has 12 heavy (non-hydrogen) atoms. The molecule has 0 aromatic heterocycles. The highest BCUT2D eigenvalue weighted by Gasteiger charge is 2.22. The molecule has 0 aliphatic heterocycles. The molecule has 0 radical (unpaired) electrons. The average Bonchev–Trinajstić information content (AvgIpc) is 2.41. The number of fused-ring (bicyclic) bond motifs is 1. The van der Waals surface area contributed by atoms with E-state index < -0.39 is 0 Å². The van der Waals surface area contributed by atoms with E-state index in [-0.39, 0.29) is 6.04 Å².